The summed E-state index contributed by atoms with van der Waals surface area (Å²) in [6.07, 6.45) is 3.53. The fourth-order valence-corrected chi connectivity index (χ4v) is 2.74. The fourth-order valence-electron chi connectivity index (χ4n) is 2.14. The molecule has 2 heterocycles. The van der Waals surface area contributed by atoms with Gasteiger partial charge in [0.1, 0.15) is 5.82 Å². The smallest absolute Gasteiger partial charge is 0.224 e. The largest absolute Gasteiger partial charge is 0.357 e. The molecule has 0 saturated heterocycles. The molecule has 6 heteroatoms. The van der Waals surface area contributed by atoms with Crippen LogP contribution in [0.2, 0.25) is 0 Å². The quantitative estimate of drug-likeness (QED) is 0.713. The molecule has 0 spiro atoms. The van der Waals surface area contributed by atoms with E-state index in [4.69, 9.17) is 0 Å². The Morgan fingerprint density at radius 2 is 1.96 bits per heavy atom. The number of benzene rings is 1. The van der Waals surface area contributed by atoms with Gasteiger partial charge in [0.15, 0.2) is 0 Å². The van der Waals surface area contributed by atoms with E-state index in [0.717, 1.165) is 21.4 Å². The van der Waals surface area contributed by atoms with Gasteiger partial charge in [-0.05, 0) is 52.7 Å². The van der Waals surface area contributed by atoms with E-state index < -0.39 is 0 Å². The lowest BCUT2D eigenvalue weighted by Gasteiger charge is -2.11. The van der Waals surface area contributed by atoms with Gasteiger partial charge in [0.2, 0.25) is 5.95 Å². The summed E-state index contributed by atoms with van der Waals surface area (Å²) in [6, 6.07) is 11.9. The number of aromatic nitrogens is 3. The summed E-state index contributed by atoms with van der Waals surface area (Å²) in [5.74, 6) is 1.27. The number of aryl methyl sites for hydroxylation is 1. The Morgan fingerprint density at radius 1 is 1.09 bits per heavy atom. The zero-order valence-corrected chi connectivity index (χ0v) is 14.4. The fraction of sp³-hybridized carbons (Fsp3) is 0.118. The van der Waals surface area contributed by atoms with Crippen LogP contribution in [0.4, 0.5) is 17.5 Å². The summed E-state index contributed by atoms with van der Waals surface area (Å²) in [6.45, 7) is 2.05. The van der Waals surface area contributed by atoms with Crippen molar-refractivity contribution in [2.24, 2.45) is 0 Å². The molecule has 0 aliphatic heterocycles. The second-order valence-electron chi connectivity index (χ2n) is 5.06. The molecule has 1 aromatic carbocycles. The van der Waals surface area contributed by atoms with Crippen LogP contribution in [-0.2, 0) is 0 Å². The molecule has 2 aromatic heterocycles. The zero-order valence-electron chi connectivity index (χ0n) is 12.8. The molecule has 0 fully saturated rings. The monoisotopic (exact) mass is 369 g/mol. The molecule has 0 radical (unpaired) electrons. The number of rotatable bonds is 4. The number of nitrogens with zero attached hydrogens (tertiary/aromatic N) is 3. The molecule has 0 amide bonds. The van der Waals surface area contributed by atoms with Crippen LogP contribution >= 0.6 is 15.9 Å². The molecule has 3 aromatic rings. The standard InChI is InChI=1S/C17H16BrN5/c1-11-5-6-14(13(18)8-11)21-16-9-15(22-17(19-2)23-16)12-4-3-7-20-10-12/h3-10H,1-2H3,(H2,19,21,22,23). The highest BCUT2D eigenvalue weighted by Gasteiger charge is 2.08. The van der Waals surface area contributed by atoms with Crippen molar-refractivity contribution in [2.45, 2.75) is 6.92 Å². The van der Waals surface area contributed by atoms with Gasteiger partial charge in [0.05, 0.1) is 11.4 Å². The van der Waals surface area contributed by atoms with Gasteiger partial charge in [-0.15, -0.1) is 0 Å². The third-order valence-corrected chi connectivity index (χ3v) is 3.95. The maximum absolute atomic E-state index is 4.49. The van der Waals surface area contributed by atoms with E-state index in [0.29, 0.717) is 11.8 Å². The normalized spacial score (nSPS) is 10.4. The lowest BCUT2D eigenvalue weighted by Crippen LogP contribution is -2.02. The van der Waals surface area contributed by atoms with E-state index in [1.807, 2.05) is 24.3 Å². The van der Waals surface area contributed by atoms with E-state index in [1.165, 1.54) is 5.56 Å². The Hall–Kier alpha value is -2.47. The number of pyridine rings is 1. The van der Waals surface area contributed by atoms with Crippen molar-refractivity contribution >= 4 is 33.4 Å². The van der Waals surface area contributed by atoms with Crippen molar-refractivity contribution < 1.29 is 0 Å². The summed E-state index contributed by atoms with van der Waals surface area (Å²) in [7, 11) is 1.80. The highest BCUT2D eigenvalue weighted by Crippen LogP contribution is 2.28. The lowest BCUT2D eigenvalue weighted by atomic mass is 10.2. The van der Waals surface area contributed by atoms with E-state index >= 15 is 0 Å². The molecular weight excluding hydrogens is 354 g/mol. The Balaban J connectivity index is 1.99. The molecule has 0 saturated carbocycles. The van der Waals surface area contributed by atoms with Crippen molar-refractivity contribution in [3.8, 4) is 11.3 Å². The first-order valence-electron chi connectivity index (χ1n) is 7.16. The number of anilines is 3. The predicted molar refractivity (Wildman–Crippen MR) is 97.0 cm³/mol. The van der Waals surface area contributed by atoms with Gasteiger partial charge in [-0.2, -0.15) is 4.98 Å². The van der Waals surface area contributed by atoms with Crippen molar-refractivity contribution in [2.75, 3.05) is 17.7 Å². The summed E-state index contributed by atoms with van der Waals surface area (Å²) < 4.78 is 0.991. The topological polar surface area (TPSA) is 62.7 Å². The first-order chi connectivity index (χ1) is 11.2. The third kappa shape index (κ3) is 3.65. The third-order valence-electron chi connectivity index (χ3n) is 3.29. The summed E-state index contributed by atoms with van der Waals surface area (Å²) in [4.78, 5) is 13.1. The first kappa shape index (κ1) is 15.4. The minimum absolute atomic E-state index is 0.553. The molecule has 0 unspecified atom stereocenters. The van der Waals surface area contributed by atoms with Gasteiger partial charge < -0.3 is 10.6 Å². The Labute approximate surface area is 143 Å². The van der Waals surface area contributed by atoms with Crippen LogP contribution in [0.3, 0.4) is 0 Å². The molecule has 0 aliphatic rings. The molecule has 5 nitrogen and oxygen atoms in total. The highest BCUT2D eigenvalue weighted by atomic mass is 79.9. The lowest BCUT2D eigenvalue weighted by molar-refractivity contribution is 1.15. The summed E-state index contributed by atoms with van der Waals surface area (Å²) >= 11 is 3.57. The average Bonchev–Trinajstić information content (AvgIpc) is 2.58. The second-order valence-corrected chi connectivity index (χ2v) is 5.92. The second kappa shape index (κ2) is 6.75. The highest BCUT2D eigenvalue weighted by molar-refractivity contribution is 9.10. The van der Waals surface area contributed by atoms with Crippen LogP contribution in [0.25, 0.3) is 11.3 Å². The van der Waals surface area contributed by atoms with Crippen LogP contribution < -0.4 is 10.6 Å². The molecule has 0 aliphatic carbocycles. The van der Waals surface area contributed by atoms with E-state index in [1.54, 1.807) is 19.4 Å². The van der Waals surface area contributed by atoms with Crippen LogP contribution in [-0.4, -0.2) is 22.0 Å². The molecule has 2 N–H and O–H groups in total. The van der Waals surface area contributed by atoms with Crippen molar-refractivity contribution in [3.63, 3.8) is 0 Å². The molecule has 0 bridgehead atoms. The van der Waals surface area contributed by atoms with Gasteiger partial charge in [-0.25, -0.2) is 4.98 Å². The maximum atomic E-state index is 4.49. The minimum Gasteiger partial charge on any atom is -0.357 e. The minimum atomic E-state index is 0.553. The number of nitrogens with one attached hydrogen (secondary N) is 2. The number of halogens is 1. The first-order valence-corrected chi connectivity index (χ1v) is 7.95. The Bertz CT molecular complexity index is 820. The van der Waals surface area contributed by atoms with E-state index in [-0.39, 0.29) is 0 Å². The van der Waals surface area contributed by atoms with Crippen LogP contribution in [0.1, 0.15) is 5.56 Å². The van der Waals surface area contributed by atoms with Gasteiger partial charge in [0.25, 0.3) is 0 Å². The molecule has 23 heavy (non-hydrogen) atoms. The maximum Gasteiger partial charge on any atom is 0.224 e. The molecule has 3 rings (SSSR count). The van der Waals surface area contributed by atoms with Crippen LogP contribution in [0, 0.1) is 6.92 Å². The van der Waals surface area contributed by atoms with Crippen LogP contribution in [0.5, 0.6) is 0 Å². The predicted octanol–water partition coefficient (Wildman–Crippen LogP) is 4.39. The van der Waals surface area contributed by atoms with Gasteiger partial charge in [0, 0.05) is 35.5 Å². The van der Waals surface area contributed by atoms with Crippen molar-refractivity contribution in [1.82, 2.24) is 15.0 Å². The SMILES string of the molecule is CNc1nc(Nc2ccc(C)cc2Br)cc(-c2cccnc2)n1. The van der Waals surface area contributed by atoms with Gasteiger partial charge in [-0.1, -0.05) is 6.07 Å². The van der Waals surface area contributed by atoms with Gasteiger partial charge in [-0.3, -0.25) is 4.98 Å². The van der Waals surface area contributed by atoms with Crippen molar-refractivity contribution in [3.05, 3.63) is 58.8 Å². The van der Waals surface area contributed by atoms with Gasteiger partial charge >= 0.3 is 0 Å². The molecule has 116 valence electrons. The van der Waals surface area contributed by atoms with E-state index in [9.17, 15) is 0 Å². The number of hydrogen-bond donors (Lipinski definition) is 2. The number of hydrogen-bond acceptors (Lipinski definition) is 5. The molecular formula is C17H16BrN5. The van der Waals surface area contributed by atoms with E-state index in [2.05, 4.69) is 60.6 Å². The Morgan fingerprint density at radius 3 is 2.65 bits per heavy atom. The van der Waals surface area contributed by atoms with Crippen molar-refractivity contribution in [1.29, 1.82) is 0 Å². The summed E-state index contributed by atoms with van der Waals surface area (Å²) in [5, 5.41) is 6.32. The average molecular weight is 370 g/mol. The summed E-state index contributed by atoms with van der Waals surface area (Å²) in [5.41, 5.74) is 3.89. The molecule has 0 atom stereocenters. The zero-order chi connectivity index (χ0) is 16.2. The Kier molecular flexibility index (Phi) is 4.52. The van der Waals surface area contributed by atoms with Crippen LogP contribution in [0.15, 0.2) is 53.3 Å².